The molecule has 0 aliphatic heterocycles. The molecule has 96 valence electrons. The first-order valence-corrected chi connectivity index (χ1v) is 5.58. The third kappa shape index (κ3) is 3.13. The van der Waals surface area contributed by atoms with Crippen molar-refractivity contribution in [3.8, 4) is 5.75 Å². The number of carbonyl (C=O) groups excluding carboxylic acids is 1. The summed E-state index contributed by atoms with van der Waals surface area (Å²) in [7, 11) is 1.52. The van der Waals surface area contributed by atoms with Crippen molar-refractivity contribution in [1.29, 1.82) is 0 Å². The largest absolute Gasteiger partial charge is 0.495 e. The molecule has 4 heteroatoms. The van der Waals surface area contributed by atoms with Gasteiger partial charge in [-0.25, -0.2) is 0 Å². The highest BCUT2D eigenvalue weighted by atomic mass is 16.5. The first-order valence-electron chi connectivity index (χ1n) is 5.58. The Balaban J connectivity index is 3.00. The summed E-state index contributed by atoms with van der Waals surface area (Å²) in [5.41, 5.74) is 6.75. The van der Waals surface area contributed by atoms with E-state index < -0.39 is 0 Å². The number of benzene rings is 1. The quantitative estimate of drug-likeness (QED) is 0.617. The predicted molar refractivity (Wildman–Crippen MR) is 73.7 cm³/mol. The second kappa shape index (κ2) is 6.49. The standard InChI is InChI=1S/C14H18N2O2/c1-4-8-16(9-5-2)14(17)11-6-7-12(15)13(10-11)18-3/h4-7,10H,1-2,8-9,15H2,3H3. The molecule has 0 aliphatic carbocycles. The van der Waals surface area contributed by atoms with Crippen LogP contribution in [0.4, 0.5) is 5.69 Å². The Morgan fingerprint density at radius 1 is 1.39 bits per heavy atom. The van der Waals surface area contributed by atoms with E-state index in [0.717, 1.165) is 0 Å². The van der Waals surface area contributed by atoms with Gasteiger partial charge in [-0.15, -0.1) is 13.2 Å². The number of nitrogens with zero attached hydrogens (tertiary/aromatic N) is 1. The number of nitrogen functional groups attached to an aromatic ring is 1. The van der Waals surface area contributed by atoms with Gasteiger partial charge in [-0.05, 0) is 18.2 Å². The normalized spacial score (nSPS) is 9.61. The summed E-state index contributed by atoms with van der Waals surface area (Å²) in [4.78, 5) is 13.9. The number of anilines is 1. The van der Waals surface area contributed by atoms with E-state index in [2.05, 4.69) is 13.2 Å². The van der Waals surface area contributed by atoms with E-state index in [1.807, 2.05) is 0 Å². The van der Waals surface area contributed by atoms with Crippen LogP contribution in [0.1, 0.15) is 10.4 Å². The molecular formula is C14H18N2O2. The lowest BCUT2D eigenvalue weighted by molar-refractivity contribution is 0.0790. The summed E-state index contributed by atoms with van der Waals surface area (Å²) in [6, 6.07) is 4.97. The Labute approximate surface area is 107 Å². The van der Waals surface area contributed by atoms with Gasteiger partial charge < -0.3 is 15.4 Å². The van der Waals surface area contributed by atoms with E-state index in [4.69, 9.17) is 10.5 Å². The van der Waals surface area contributed by atoms with Gasteiger partial charge in [0.1, 0.15) is 5.75 Å². The zero-order valence-corrected chi connectivity index (χ0v) is 10.6. The maximum absolute atomic E-state index is 12.2. The molecule has 1 amide bonds. The van der Waals surface area contributed by atoms with Crippen molar-refractivity contribution in [3.63, 3.8) is 0 Å². The van der Waals surface area contributed by atoms with Crippen LogP contribution in [-0.4, -0.2) is 31.0 Å². The Hall–Kier alpha value is -2.23. The van der Waals surface area contributed by atoms with Crippen molar-refractivity contribution in [3.05, 3.63) is 49.1 Å². The van der Waals surface area contributed by atoms with Crippen LogP contribution in [0.2, 0.25) is 0 Å². The fraction of sp³-hybridized carbons (Fsp3) is 0.214. The molecule has 1 aromatic carbocycles. The lowest BCUT2D eigenvalue weighted by Crippen LogP contribution is -2.31. The Kier molecular flexibility index (Phi) is 4.99. The highest BCUT2D eigenvalue weighted by molar-refractivity contribution is 5.95. The lowest BCUT2D eigenvalue weighted by Gasteiger charge is -2.19. The van der Waals surface area contributed by atoms with Gasteiger partial charge in [0.05, 0.1) is 12.8 Å². The maximum atomic E-state index is 12.2. The average Bonchev–Trinajstić information content (AvgIpc) is 2.38. The minimum absolute atomic E-state index is 0.104. The van der Waals surface area contributed by atoms with E-state index in [0.29, 0.717) is 30.1 Å². The monoisotopic (exact) mass is 246 g/mol. The molecule has 0 heterocycles. The highest BCUT2D eigenvalue weighted by Crippen LogP contribution is 2.22. The van der Waals surface area contributed by atoms with E-state index >= 15 is 0 Å². The molecule has 0 aromatic heterocycles. The van der Waals surface area contributed by atoms with Crippen molar-refractivity contribution in [2.24, 2.45) is 0 Å². The summed E-state index contributed by atoms with van der Waals surface area (Å²) in [6.45, 7) is 8.21. The van der Waals surface area contributed by atoms with Gasteiger partial charge in [0, 0.05) is 18.7 Å². The molecule has 4 nitrogen and oxygen atoms in total. The molecule has 0 fully saturated rings. The molecular weight excluding hydrogens is 228 g/mol. The van der Waals surface area contributed by atoms with E-state index in [1.54, 1.807) is 35.3 Å². The van der Waals surface area contributed by atoms with Crippen LogP contribution < -0.4 is 10.5 Å². The second-order valence-electron chi connectivity index (χ2n) is 3.74. The summed E-state index contributed by atoms with van der Waals surface area (Å²) in [6.07, 6.45) is 3.35. The van der Waals surface area contributed by atoms with Gasteiger partial charge in [0.15, 0.2) is 0 Å². The Morgan fingerprint density at radius 2 is 2.00 bits per heavy atom. The maximum Gasteiger partial charge on any atom is 0.254 e. The number of rotatable bonds is 6. The van der Waals surface area contributed by atoms with Crippen LogP contribution in [0.25, 0.3) is 0 Å². The van der Waals surface area contributed by atoms with E-state index in [1.165, 1.54) is 7.11 Å². The van der Waals surface area contributed by atoms with Crippen molar-refractivity contribution >= 4 is 11.6 Å². The summed E-state index contributed by atoms with van der Waals surface area (Å²) in [5, 5.41) is 0. The minimum Gasteiger partial charge on any atom is -0.495 e. The second-order valence-corrected chi connectivity index (χ2v) is 3.74. The predicted octanol–water partition coefficient (Wildman–Crippen LogP) is 2.09. The first-order chi connectivity index (χ1) is 8.63. The first kappa shape index (κ1) is 13.8. The summed E-state index contributed by atoms with van der Waals surface area (Å²) < 4.78 is 5.10. The smallest absolute Gasteiger partial charge is 0.254 e. The molecule has 0 bridgehead atoms. The van der Waals surface area contributed by atoms with Gasteiger partial charge >= 0.3 is 0 Å². The molecule has 0 radical (unpaired) electrons. The number of methoxy groups -OCH3 is 1. The van der Waals surface area contributed by atoms with Crippen LogP contribution in [0.15, 0.2) is 43.5 Å². The van der Waals surface area contributed by atoms with Gasteiger partial charge in [0.2, 0.25) is 0 Å². The molecule has 2 N–H and O–H groups in total. The fourth-order valence-corrected chi connectivity index (χ4v) is 1.58. The highest BCUT2D eigenvalue weighted by Gasteiger charge is 2.14. The van der Waals surface area contributed by atoms with Crippen molar-refractivity contribution < 1.29 is 9.53 Å². The zero-order valence-electron chi connectivity index (χ0n) is 10.6. The van der Waals surface area contributed by atoms with Gasteiger partial charge in [-0.1, -0.05) is 12.2 Å². The molecule has 0 saturated carbocycles. The molecule has 0 unspecified atom stereocenters. The third-order valence-electron chi connectivity index (χ3n) is 2.47. The number of carbonyl (C=O) groups is 1. The van der Waals surface area contributed by atoms with Crippen LogP contribution in [0.5, 0.6) is 5.75 Å². The third-order valence-corrected chi connectivity index (χ3v) is 2.47. The average molecular weight is 246 g/mol. The van der Waals surface area contributed by atoms with E-state index in [-0.39, 0.29) is 5.91 Å². The number of ether oxygens (including phenoxy) is 1. The molecule has 0 atom stereocenters. The SMILES string of the molecule is C=CCN(CC=C)C(=O)c1ccc(N)c(OC)c1. The summed E-state index contributed by atoms with van der Waals surface area (Å²) in [5.74, 6) is 0.395. The molecule has 0 saturated heterocycles. The zero-order chi connectivity index (χ0) is 13.5. The lowest BCUT2D eigenvalue weighted by atomic mass is 10.1. The topological polar surface area (TPSA) is 55.6 Å². The van der Waals surface area contributed by atoms with Crippen molar-refractivity contribution in [2.45, 2.75) is 0 Å². The molecule has 1 rings (SSSR count). The van der Waals surface area contributed by atoms with Crippen LogP contribution in [-0.2, 0) is 0 Å². The van der Waals surface area contributed by atoms with Crippen molar-refractivity contribution in [1.82, 2.24) is 4.90 Å². The van der Waals surface area contributed by atoms with Crippen LogP contribution in [0, 0.1) is 0 Å². The molecule has 1 aromatic rings. The Morgan fingerprint density at radius 3 is 2.50 bits per heavy atom. The molecule has 18 heavy (non-hydrogen) atoms. The van der Waals surface area contributed by atoms with Crippen LogP contribution >= 0.6 is 0 Å². The van der Waals surface area contributed by atoms with Gasteiger partial charge in [0.25, 0.3) is 5.91 Å². The van der Waals surface area contributed by atoms with Crippen molar-refractivity contribution in [2.75, 3.05) is 25.9 Å². The minimum atomic E-state index is -0.104. The van der Waals surface area contributed by atoms with Gasteiger partial charge in [-0.3, -0.25) is 4.79 Å². The fourth-order valence-electron chi connectivity index (χ4n) is 1.58. The Bertz CT molecular complexity index is 445. The van der Waals surface area contributed by atoms with E-state index in [9.17, 15) is 4.79 Å². The number of amides is 1. The van der Waals surface area contributed by atoms with Crippen LogP contribution in [0.3, 0.4) is 0 Å². The number of hydrogen-bond acceptors (Lipinski definition) is 3. The van der Waals surface area contributed by atoms with Gasteiger partial charge in [-0.2, -0.15) is 0 Å². The molecule has 0 spiro atoms. The summed E-state index contributed by atoms with van der Waals surface area (Å²) >= 11 is 0. The number of nitrogens with two attached hydrogens (primary N) is 1. The number of hydrogen-bond donors (Lipinski definition) is 1. The molecule has 0 aliphatic rings.